The summed E-state index contributed by atoms with van der Waals surface area (Å²) in [6.07, 6.45) is 5.40. The third kappa shape index (κ3) is 2.80. The number of rotatable bonds is 1. The molecule has 1 unspecified atom stereocenters. The molecule has 0 saturated carbocycles. The van der Waals surface area contributed by atoms with Crippen LogP contribution in [0.25, 0.3) is 0 Å². The Balaban J connectivity index is 2.37. The maximum absolute atomic E-state index is 3.47. The van der Waals surface area contributed by atoms with E-state index in [2.05, 4.69) is 24.6 Å². The van der Waals surface area contributed by atoms with E-state index in [1.807, 2.05) is 0 Å². The predicted molar refractivity (Wildman–Crippen MR) is 48.8 cm³/mol. The summed E-state index contributed by atoms with van der Waals surface area (Å²) in [4.78, 5) is 0. The Hall–Kier alpha value is -0.0800. The van der Waals surface area contributed by atoms with Crippen LogP contribution < -0.4 is 10.6 Å². The predicted octanol–water partition coefficient (Wildman–Crippen LogP) is 1.13. The second-order valence-corrected chi connectivity index (χ2v) is 3.80. The Morgan fingerprint density at radius 3 is 2.82 bits per heavy atom. The fourth-order valence-electron chi connectivity index (χ4n) is 1.61. The maximum atomic E-state index is 3.47. The number of hydrogen-bond acceptors (Lipinski definition) is 2. The van der Waals surface area contributed by atoms with Gasteiger partial charge in [-0.2, -0.15) is 0 Å². The molecule has 1 heterocycles. The van der Waals surface area contributed by atoms with E-state index in [1.54, 1.807) is 0 Å². The van der Waals surface area contributed by atoms with Crippen LogP contribution in [0, 0.1) is 0 Å². The van der Waals surface area contributed by atoms with Crippen LogP contribution in [-0.4, -0.2) is 25.7 Å². The van der Waals surface area contributed by atoms with Gasteiger partial charge in [-0.3, -0.25) is 0 Å². The quantitative estimate of drug-likeness (QED) is 0.594. The highest BCUT2D eigenvalue weighted by atomic mass is 15.0. The largest absolute Gasteiger partial charge is 0.315 e. The molecule has 2 heteroatoms. The van der Waals surface area contributed by atoms with Crippen molar-refractivity contribution < 1.29 is 0 Å². The lowest BCUT2D eigenvalue weighted by Crippen LogP contribution is -2.49. The normalized spacial score (nSPS) is 34.4. The topological polar surface area (TPSA) is 24.1 Å². The van der Waals surface area contributed by atoms with Gasteiger partial charge in [-0.05, 0) is 33.4 Å². The van der Waals surface area contributed by atoms with Crippen molar-refractivity contribution in [3.05, 3.63) is 0 Å². The number of nitrogens with one attached hydrogen (secondary N) is 2. The van der Waals surface area contributed by atoms with Crippen LogP contribution in [0.5, 0.6) is 0 Å². The van der Waals surface area contributed by atoms with Crippen molar-refractivity contribution in [3.63, 3.8) is 0 Å². The van der Waals surface area contributed by atoms with Gasteiger partial charge < -0.3 is 10.6 Å². The highest BCUT2D eigenvalue weighted by molar-refractivity contribution is 4.84. The van der Waals surface area contributed by atoms with Gasteiger partial charge in [0.25, 0.3) is 0 Å². The molecule has 1 saturated heterocycles. The van der Waals surface area contributed by atoms with Crippen molar-refractivity contribution in [2.24, 2.45) is 0 Å². The average Bonchev–Trinajstić information content (AvgIpc) is 1.98. The summed E-state index contributed by atoms with van der Waals surface area (Å²) in [7, 11) is 2.06. The van der Waals surface area contributed by atoms with Crippen molar-refractivity contribution in [2.75, 3.05) is 20.1 Å². The van der Waals surface area contributed by atoms with Gasteiger partial charge in [0.15, 0.2) is 0 Å². The number of hydrogen-bond donors (Lipinski definition) is 2. The summed E-state index contributed by atoms with van der Waals surface area (Å²) in [6.45, 7) is 4.60. The molecule has 0 spiro atoms. The van der Waals surface area contributed by atoms with Gasteiger partial charge in [0.2, 0.25) is 0 Å². The average molecular weight is 156 g/mol. The van der Waals surface area contributed by atoms with Crippen molar-refractivity contribution in [1.82, 2.24) is 10.6 Å². The first kappa shape index (κ1) is 9.01. The van der Waals surface area contributed by atoms with E-state index < -0.39 is 0 Å². The van der Waals surface area contributed by atoms with E-state index >= 15 is 0 Å². The molecule has 0 aliphatic carbocycles. The summed E-state index contributed by atoms with van der Waals surface area (Å²) in [6, 6.07) is 0. The van der Waals surface area contributed by atoms with Crippen molar-refractivity contribution in [1.29, 1.82) is 0 Å². The van der Waals surface area contributed by atoms with Gasteiger partial charge in [-0.1, -0.05) is 12.8 Å². The Morgan fingerprint density at radius 1 is 1.27 bits per heavy atom. The first-order valence-electron chi connectivity index (χ1n) is 4.66. The molecule has 66 valence electrons. The molecule has 0 amide bonds. The van der Waals surface area contributed by atoms with E-state index in [-0.39, 0.29) is 0 Å². The SMILES string of the molecule is CNC1(C)CCCCCNC1. The molecule has 0 aromatic rings. The van der Waals surface area contributed by atoms with Crippen LogP contribution in [0.4, 0.5) is 0 Å². The fraction of sp³-hybridized carbons (Fsp3) is 1.00. The lowest BCUT2D eigenvalue weighted by atomic mass is 9.93. The van der Waals surface area contributed by atoms with Crippen molar-refractivity contribution in [3.8, 4) is 0 Å². The Labute approximate surface area is 69.8 Å². The zero-order valence-electron chi connectivity index (χ0n) is 7.74. The van der Waals surface area contributed by atoms with Crippen LogP contribution in [0.2, 0.25) is 0 Å². The summed E-state index contributed by atoms with van der Waals surface area (Å²) >= 11 is 0. The highest BCUT2D eigenvalue weighted by Crippen LogP contribution is 2.15. The molecule has 0 bridgehead atoms. The van der Waals surface area contributed by atoms with Crippen molar-refractivity contribution >= 4 is 0 Å². The van der Waals surface area contributed by atoms with E-state index in [9.17, 15) is 0 Å². The molecule has 11 heavy (non-hydrogen) atoms. The van der Waals surface area contributed by atoms with E-state index in [0.717, 1.165) is 6.54 Å². The molecular weight excluding hydrogens is 136 g/mol. The lowest BCUT2D eigenvalue weighted by Gasteiger charge is -2.31. The van der Waals surface area contributed by atoms with E-state index in [0.29, 0.717) is 5.54 Å². The van der Waals surface area contributed by atoms with E-state index in [4.69, 9.17) is 0 Å². The second-order valence-electron chi connectivity index (χ2n) is 3.80. The van der Waals surface area contributed by atoms with Gasteiger partial charge in [0, 0.05) is 12.1 Å². The molecule has 1 rings (SSSR count). The molecule has 1 aliphatic heterocycles. The zero-order valence-corrected chi connectivity index (χ0v) is 7.74. The van der Waals surface area contributed by atoms with E-state index in [1.165, 1.54) is 32.2 Å². The third-order valence-electron chi connectivity index (χ3n) is 2.70. The highest BCUT2D eigenvalue weighted by Gasteiger charge is 2.21. The van der Waals surface area contributed by atoms with Gasteiger partial charge in [0.1, 0.15) is 0 Å². The maximum Gasteiger partial charge on any atom is 0.0275 e. The molecule has 0 aromatic carbocycles. The first-order valence-corrected chi connectivity index (χ1v) is 4.66. The smallest absolute Gasteiger partial charge is 0.0275 e. The minimum Gasteiger partial charge on any atom is -0.315 e. The van der Waals surface area contributed by atoms with Crippen LogP contribution in [0.1, 0.15) is 32.6 Å². The van der Waals surface area contributed by atoms with Crippen LogP contribution >= 0.6 is 0 Å². The molecule has 1 fully saturated rings. The monoisotopic (exact) mass is 156 g/mol. The first-order chi connectivity index (χ1) is 5.27. The molecule has 2 N–H and O–H groups in total. The molecule has 2 nitrogen and oxygen atoms in total. The molecule has 1 aliphatic rings. The van der Waals surface area contributed by atoms with Gasteiger partial charge in [-0.25, -0.2) is 0 Å². The van der Waals surface area contributed by atoms with Crippen LogP contribution in [-0.2, 0) is 0 Å². The Bertz CT molecular complexity index is 104. The van der Waals surface area contributed by atoms with Gasteiger partial charge >= 0.3 is 0 Å². The Kier molecular flexibility index (Phi) is 3.34. The summed E-state index contributed by atoms with van der Waals surface area (Å²) in [5.41, 5.74) is 0.334. The zero-order chi connectivity index (χ0) is 8.16. The Morgan fingerprint density at radius 2 is 2.09 bits per heavy atom. The molecule has 1 atom stereocenters. The number of likely N-dealkylation sites (N-methyl/N-ethyl adjacent to an activating group) is 1. The molecule has 0 radical (unpaired) electrons. The van der Waals surface area contributed by atoms with Gasteiger partial charge in [-0.15, -0.1) is 0 Å². The molecule has 0 aromatic heterocycles. The van der Waals surface area contributed by atoms with Crippen molar-refractivity contribution in [2.45, 2.75) is 38.1 Å². The van der Waals surface area contributed by atoms with Crippen LogP contribution in [0.15, 0.2) is 0 Å². The summed E-state index contributed by atoms with van der Waals surface area (Å²) in [5, 5.41) is 6.85. The minimum absolute atomic E-state index is 0.334. The van der Waals surface area contributed by atoms with Crippen LogP contribution in [0.3, 0.4) is 0 Å². The summed E-state index contributed by atoms with van der Waals surface area (Å²) < 4.78 is 0. The lowest BCUT2D eigenvalue weighted by molar-refractivity contribution is 0.307. The third-order valence-corrected chi connectivity index (χ3v) is 2.70. The minimum atomic E-state index is 0.334. The molecular formula is C9H20N2. The second kappa shape index (κ2) is 4.07. The standard InChI is InChI=1S/C9H20N2/c1-9(10-2)6-4-3-5-7-11-8-9/h10-11H,3-8H2,1-2H3. The summed E-state index contributed by atoms with van der Waals surface area (Å²) in [5.74, 6) is 0. The van der Waals surface area contributed by atoms with Gasteiger partial charge in [0.05, 0.1) is 0 Å². The fourth-order valence-corrected chi connectivity index (χ4v) is 1.61.